The SMILES string of the molecule is CCOC(=O)[C@@]1(Cc2cccc(Cl)c2)CCCN(C(=O)c2cccc(OC)c2OC)C1. The van der Waals surface area contributed by atoms with E-state index in [9.17, 15) is 9.59 Å². The highest BCUT2D eigenvalue weighted by molar-refractivity contribution is 6.30. The van der Waals surface area contributed by atoms with Crippen LogP contribution in [0.2, 0.25) is 5.02 Å². The number of carbonyl (C=O) groups excluding carboxylic acids is 2. The monoisotopic (exact) mass is 445 g/mol. The number of esters is 1. The average Bonchev–Trinajstić information content (AvgIpc) is 2.78. The lowest BCUT2D eigenvalue weighted by Gasteiger charge is -2.41. The normalized spacial score (nSPS) is 18.4. The number of nitrogens with zero attached hydrogens (tertiary/aromatic N) is 1. The summed E-state index contributed by atoms with van der Waals surface area (Å²) < 4.78 is 16.2. The molecule has 1 amide bonds. The molecule has 2 aromatic carbocycles. The Labute approximate surface area is 188 Å². The second-order valence-corrected chi connectivity index (χ2v) is 8.12. The largest absolute Gasteiger partial charge is 0.493 e. The van der Waals surface area contributed by atoms with Gasteiger partial charge in [-0.05, 0) is 56.0 Å². The van der Waals surface area contributed by atoms with Crippen LogP contribution < -0.4 is 9.47 Å². The molecule has 1 fully saturated rings. The first-order valence-corrected chi connectivity index (χ1v) is 10.7. The van der Waals surface area contributed by atoms with Crippen molar-refractivity contribution in [2.75, 3.05) is 33.9 Å². The van der Waals surface area contributed by atoms with Gasteiger partial charge in [0.2, 0.25) is 0 Å². The van der Waals surface area contributed by atoms with E-state index < -0.39 is 5.41 Å². The Morgan fingerprint density at radius 2 is 1.90 bits per heavy atom. The van der Waals surface area contributed by atoms with Gasteiger partial charge in [-0.2, -0.15) is 0 Å². The van der Waals surface area contributed by atoms with Crippen LogP contribution >= 0.6 is 11.6 Å². The molecule has 1 saturated heterocycles. The summed E-state index contributed by atoms with van der Waals surface area (Å²) in [6.45, 7) is 2.89. The summed E-state index contributed by atoms with van der Waals surface area (Å²) >= 11 is 6.16. The van der Waals surface area contributed by atoms with Crippen molar-refractivity contribution in [3.05, 3.63) is 58.6 Å². The molecule has 0 bridgehead atoms. The van der Waals surface area contributed by atoms with Crippen molar-refractivity contribution >= 4 is 23.5 Å². The van der Waals surface area contributed by atoms with Gasteiger partial charge in [0.15, 0.2) is 11.5 Å². The van der Waals surface area contributed by atoms with E-state index in [4.69, 9.17) is 25.8 Å². The highest BCUT2D eigenvalue weighted by Gasteiger charge is 2.45. The third-order valence-electron chi connectivity index (χ3n) is 5.64. The predicted molar refractivity (Wildman–Crippen MR) is 119 cm³/mol. The lowest BCUT2D eigenvalue weighted by molar-refractivity contribution is -0.158. The van der Waals surface area contributed by atoms with Crippen LogP contribution in [0.1, 0.15) is 35.7 Å². The Morgan fingerprint density at radius 3 is 2.58 bits per heavy atom. The molecule has 0 aromatic heterocycles. The van der Waals surface area contributed by atoms with Gasteiger partial charge in [-0.3, -0.25) is 9.59 Å². The fourth-order valence-electron chi connectivity index (χ4n) is 4.24. The topological polar surface area (TPSA) is 65.1 Å². The van der Waals surface area contributed by atoms with Crippen molar-refractivity contribution in [3.8, 4) is 11.5 Å². The van der Waals surface area contributed by atoms with Crippen LogP contribution in [0.15, 0.2) is 42.5 Å². The van der Waals surface area contributed by atoms with E-state index in [-0.39, 0.29) is 25.0 Å². The maximum atomic E-state index is 13.4. The molecular formula is C24H28ClNO5. The van der Waals surface area contributed by atoms with Gasteiger partial charge >= 0.3 is 5.97 Å². The van der Waals surface area contributed by atoms with Crippen LogP contribution in [-0.2, 0) is 16.0 Å². The molecule has 1 aliphatic rings. The molecule has 0 N–H and O–H groups in total. The lowest BCUT2D eigenvalue weighted by Crippen LogP contribution is -2.51. The summed E-state index contributed by atoms with van der Waals surface area (Å²) in [5.74, 6) is 0.387. The van der Waals surface area contributed by atoms with Gasteiger partial charge in [-0.25, -0.2) is 0 Å². The Bertz CT molecular complexity index is 947. The van der Waals surface area contributed by atoms with E-state index in [0.717, 1.165) is 5.56 Å². The molecule has 0 unspecified atom stereocenters. The van der Waals surface area contributed by atoms with Crippen LogP contribution in [0.5, 0.6) is 11.5 Å². The number of hydrogen-bond donors (Lipinski definition) is 0. The zero-order chi connectivity index (χ0) is 22.4. The number of carbonyl (C=O) groups is 2. The Kier molecular flexibility index (Phi) is 7.44. The summed E-state index contributed by atoms with van der Waals surface area (Å²) in [5.41, 5.74) is 0.513. The van der Waals surface area contributed by atoms with Gasteiger partial charge in [0.25, 0.3) is 5.91 Å². The van der Waals surface area contributed by atoms with Crippen LogP contribution in [0.4, 0.5) is 0 Å². The van der Waals surface area contributed by atoms with Crippen LogP contribution in [0.25, 0.3) is 0 Å². The molecule has 1 aliphatic heterocycles. The van der Waals surface area contributed by atoms with Crippen molar-refractivity contribution in [1.29, 1.82) is 0 Å². The Balaban J connectivity index is 1.93. The van der Waals surface area contributed by atoms with Crippen molar-refractivity contribution < 1.29 is 23.8 Å². The third kappa shape index (κ3) is 4.96. The fourth-order valence-corrected chi connectivity index (χ4v) is 4.45. The van der Waals surface area contributed by atoms with Gasteiger partial charge in [-0.1, -0.05) is 29.8 Å². The summed E-state index contributed by atoms with van der Waals surface area (Å²) in [6.07, 6.45) is 1.78. The van der Waals surface area contributed by atoms with Gasteiger partial charge in [0.1, 0.15) is 0 Å². The van der Waals surface area contributed by atoms with Gasteiger partial charge in [0, 0.05) is 18.1 Å². The number of para-hydroxylation sites is 1. The minimum absolute atomic E-state index is 0.199. The number of piperidine rings is 1. The molecule has 3 rings (SSSR count). The van der Waals surface area contributed by atoms with Crippen molar-refractivity contribution in [1.82, 2.24) is 4.90 Å². The molecule has 0 saturated carbocycles. The van der Waals surface area contributed by atoms with Crippen LogP contribution in [0.3, 0.4) is 0 Å². The smallest absolute Gasteiger partial charge is 0.314 e. The van der Waals surface area contributed by atoms with E-state index in [1.54, 1.807) is 36.1 Å². The number of halogens is 1. The fraction of sp³-hybridized carbons (Fsp3) is 0.417. The molecule has 7 heteroatoms. The maximum absolute atomic E-state index is 13.4. The number of methoxy groups -OCH3 is 2. The summed E-state index contributed by atoms with van der Waals surface area (Å²) in [4.78, 5) is 28.2. The first-order valence-electron chi connectivity index (χ1n) is 10.4. The number of benzene rings is 2. The molecule has 166 valence electrons. The second-order valence-electron chi connectivity index (χ2n) is 7.68. The zero-order valence-corrected chi connectivity index (χ0v) is 18.9. The number of ether oxygens (including phenoxy) is 3. The van der Waals surface area contributed by atoms with Gasteiger partial charge in [-0.15, -0.1) is 0 Å². The molecule has 1 heterocycles. The van der Waals surface area contributed by atoms with Crippen molar-refractivity contribution in [2.24, 2.45) is 5.41 Å². The number of likely N-dealkylation sites (tertiary alicyclic amines) is 1. The van der Waals surface area contributed by atoms with Crippen LogP contribution in [0, 0.1) is 5.41 Å². The van der Waals surface area contributed by atoms with E-state index in [1.807, 2.05) is 18.2 Å². The molecule has 31 heavy (non-hydrogen) atoms. The van der Waals surface area contributed by atoms with E-state index in [0.29, 0.717) is 47.9 Å². The highest BCUT2D eigenvalue weighted by Crippen LogP contribution is 2.38. The minimum atomic E-state index is -0.833. The third-order valence-corrected chi connectivity index (χ3v) is 5.87. The molecule has 6 nitrogen and oxygen atoms in total. The second kappa shape index (κ2) is 10.1. The Hall–Kier alpha value is -2.73. The number of amides is 1. The predicted octanol–water partition coefficient (Wildman–Crippen LogP) is 4.39. The van der Waals surface area contributed by atoms with Crippen molar-refractivity contribution in [2.45, 2.75) is 26.2 Å². The average molecular weight is 446 g/mol. The molecular weight excluding hydrogens is 418 g/mol. The number of rotatable bonds is 7. The standard InChI is InChI=1S/C24H28ClNO5/c1-4-31-23(28)24(15-17-8-5-9-18(25)14-17)12-7-13-26(16-24)22(27)19-10-6-11-20(29-2)21(19)30-3/h5-6,8-11,14H,4,7,12-13,15-16H2,1-3H3/t24-/m1/s1. The van der Waals surface area contributed by atoms with E-state index >= 15 is 0 Å². The van der Waals surface area contributed by atoms with Gasteiger partial charge in [0.05, 0.1) is 31.8 Å². The zero-order valence-electron chi connectivity index (χ0n) is 18.2. The highest BCUT2D eigenvalue weighted by atomic mass is 35.5. The summed E-state index contributed by atoms with van der Waals surface area (Å²) in [6, 6.07) is 12.7. The summed E-state index contributed by atoms with van der Waals surface area (Å²) in [7, 11) is 3.04. The molecule has 0 radical (unpaired) electrons. The first kappa shape index (κ1) is 22.9. The van der Waals surface area contributed by atoms with Gasteiger partial charge < -0.3 is 19.1 Å². The van der Waals surface area contributed by atoms with Crippen LogP contribution in [-0.4, -0.2) is 50.7 Å². The van der Waals surface area contributed by atoms with Crippen molar-refractivity contribution in [3.63, 3.8) is 0 Å². The molecule has 1 atom stereocenters. The molecule has 0 spiro atoms. The quantitative estimate of drug-likeness (QED) is 0.591. The minimum Gasteiger partial charge on any atom is -0.493 e. The van der Waals surface area contributed by atoms with E-state index in [2.05, 4.69) is 0 Å². The summed E-state index contributed by atoms with van der Waals surface area (Å²) in [5, 5.41) is 0.612. The Morgan fingerprint density at radius 1 is 1.13 bits per heavy atom. The lowest BCUT2D eigenvalue weighted by atomic mass is 9.75. The maximum Gasteiger partial charge on any atom is 0.314 e. The molecule has 2 aromatic rings. The molecule has 0 aliphatic carbocycles. The number of hydrogen-bond acceptors (Lipinski definition) is 5. The van der Waals surface area contributed by atoms with E-state index in [1.165, 1.54) is 14.2 Å². The first-order chi connectivity index (χ1) is 14.9.